The van der Waals surface area contributed by atoms with Crippen LogP contribution in [0.3, 0.4) is 0 Å². The SMILES string of the molecule is CCCC(CS)(CCC)COCC(F)(F)C(F)F. The molecule has 0 aromatic rings. The molecule has 0 aliphatic heterocycles. The molecule has 0 heterocycles. The van der Waals surface area contributed by atoms with Gasteiger partial charge in [0.15, 0.2) is 0 Å². The van der Waals surface area contributed by atoms with E-state index in [4.69, 9.17) is 4.74 Å². The minimum absolute atomic E-state index is 0.0560. The Labute approximate surface area is 112 Å². The van der Waals surface area contributed by atoms with E-state index in [0.717, 1.165) is 25.7 Å². The van der Waals surface area contributed by atoms with Crippen LogP contribution in [0, 0.1) is 5.41 Å². The van der Waals surface area contributed by atoms with E-state index in [0.29, 0.717) is 5.75 Å². The molecule has 0 saturated heterocycles. The van der Waals surface area contributed by atoms with Crippen molar-refractivity contribution in [3.8, 4) is 0 Å². The topological polar surface area (TPSA) is 9.23 Å². The van der Waals surface area contributed by atoms with Crippen LogP contribution in [-0.4, -0.2) is 31.3 Å². The monoisotopic (exact) mass is 290 g/mol. The number of hydrogen-bond donors (Lipinski definition) is 1. The predicted octanol–water partition coefficient (Wildman–Crippen LogP) is 4.42. The molecule has 0 amide bonds. The highest BCUT2D eigenvalue weighted by Gasteiger charge is 2.41. The lowest BCUT2D eigenvalue weighted by molar-refractivity contribution is -0.172. The molecule has 0 saturated carbocycles. The molecule has 0 aliphatic rings. The highest BCUT2D eigenvalue weighted by atomic mass is 32.1. The Hall–Kier alpha value is 0.0300. The summed E-state index contributed by atoms with van der Waals surface area (Å²) in [4.78, 5) is 0. The average Bonchev–Trinajstić information content (AvgIpc) is 2.29. The molecule has 110 valence electrons. The zero-order valence-electron chi connectivity index (χ0n) is 10.9. The van der Waals surface area contributed by atoms with Crippen LogP contribution in [0.15, 0.2) is 0 Å². The van der Waals surface area contributed by atoms with Gasteiger partial charge in [-0.05, 0) is 18.6 Å². The summed E-state index contributed by atoms with van der Waals surface area (Å²) in [5.41, 5.74) is -0.287. The molecule has 0 aliphatic carbocycles. The number of thiol groups is 1. The molecular formula is C12H22F4OS. The van der Waals surface area contributed by atoms with Crippen LogP contribution in [-0.2, 0) is 4.74 Å². The van der Waals surface area contributed by atoms with Gasteiger partial charge >= 0.3 is 12.3 Å². The second-order valence-corrected chi connectivity index (χ2v) is 5.03. The van der Waals surface area contributed by atoms with Crippen molar-refractivity contribution < 1.29 is 22.3 Å². The maximum Gasteiger partial charge on any atom is 0.330 e. The Bertz CT molecular complexity index is 218. The molecule has 0 atom stereocenters. The second-order valence-electron chi connectivity index (χ2n) is 4.71. The molecule has 0 fully saturated rings. The third-order valence-electron chi connectivity index (χ3n) is 2.92. The van der Waals surface area contributed by atoms with Crippen LogP contribution in [0.2, 0.25) is 0 Å². The van der Waals surface area contributed by atoms with E-state index < -0.39 is 19.0 Å². The van der Waals surface area contributed by atoms with Gasteiger partial charge in [-0.3, -0.25) is 0 Å². The van der Waals surface area contributed by atoms with Gasteiger partial charge in [0, 0.05) is 5.41 Å². The second kappa shape index (κ2) is 8.25. The highest BCUT2D eigenvalue weighted by Crippen LogP contribution is 2.32. The third-order valence-corrected chi connectivity index (χ3v) is 3.59. The molecule has 0 N–H and O–H groups in total. The van der Waals surface area contributed by atoms with Crippen molar-refractivity contribution >= 4 is 12.6 Å². The smallest absolute Gasteiger partial charge is 0.330 e. The maximum atomic E-state index is 12.7. The van der Waals surface area contributed by atoms with Crippen molar-refractivity contribution in [2.75, 3.05) is 19.0 Å². The fraction of sp³-hybridized carbons (Fsp3) is 1.00. The molecule has 6 heteroatoms. The van der Waals surface area contributed by atoms with Crippen molar-refractivity contribution in [2.24, 2.45) is 5.41 Å². The summed E-state index contributed by atoms with van der Waals surface area (Å²) in [6.07, 6.45) is -0.320. The lowest BCUT2D eigenvalue weighted by Crippen LogP contribution is -2.36. The van der Waals surface area contributed by atoms with Crippen LogP contribution in [0.1, 0.15) is 39.5 Å². The van der Waals surface area contributed by atoms with Gasteiger partial charge in [0.25, 0.3) is 0 Å². The standard InChI is InChI=1S/C12H22F4OS/c1-3-5-11(9-18,6-4-2)7-17-8-12(15,16)10(13)14/h10,18H,3-9H2,1-2H3. The first-order valence-corrected chi connectivity index (χ1v) is 6.81. The van der Waals surface area contributed by atoms with Gasteiger partial charge in [-0.25, -0.2) is 8.78 Å². The summed E-state index contributed by atoms with van der Waals surface area (Å²) in [7, 11) is 0. The number of ether oxygens (including phenoxy) is 1. The Morgan fingerprint density at radius 1 is 1.06 bits per heavy atom. The summed E-state index contributed by atoms with van der Waals surface area (Å²) in [5.74, 6) is -3.56. The molecule has 0 rings (SSSR count). The van der Waals surface area contributed by atoms with E-state index in [1.165, 1.54) is 0 Å². The van der Waals surface area contributed by atoms with E-state index >= 15 is 0 Å². The van der Waals surface area contributed by atoms with Crippen molar-refractivity contribution in [1.82, 2.24) is 0 Å². The number of alkyl halides is 4. The van der Waals surface area contributed by atoms with E-state index in [9.17, 15) is 17.6 Å². The van der Waals surface area contributed by atoms with Gasteiger partial charge in [0.05, 0.1) is 6.61 Å². The van der Waals surface area contributed by atoms with Gasteiger partial charge in [-0.2, -0.15) is 21.4 Å². The van der Waals surface area contributed by atoms with E-state index in [1.807, 2.05) is 13.8 Å². The van der Waals surface area contributed by atoms with Gasteiger partial charge in [0.2, 0.25) is 0 Å². The van der Waals surface area contributed by atoms with Crippen molar-refractivity contribution in [3.05, 3.63) is 0 Å². The molecule has 1 nitrogen and oxygen atoms in total. The van der Waals surface area contributed by atoms with Gasteiger partial charge in [-0.15, -0.1) is 0 Å². The quantitative estimate of drug-likeness (QED) is 0.463. The fourth-order valence-electron chi connectivity index (χ4n) is 2.00. The molecule has 0 spiro atoms. The zero-order chi connectivity index (χ0) is 14.2. The molecule has 0 radical (unpaired) electrons. The Morgan fingerprint density at radius 3 is 1.89 bits per heavy atom. The number of hydrogen-bond acceptors (Lipinski definition) is 2. The van der Waals surface area contributed by atoms with Crippen LogP contribution < -0.4 is 0 Å². The summed E-state index contributed by atoms with van der Waals surface area (Å²) in [5, 5.41) is 0. The van der Waals surface area contributed by atoms with E-state index in [-0.39, 0.29) is 12.0 Å². The van der Waals surface area contributed by atoms with E-state index in [2.05, 4.69) is 12.6 Å². The zero-order valence-corrected chi connectivity index (χ0v) is 11.8. The van der Waals surface area contributed by atoms with Gasteiger partial charge in [-0.1, -0.05) is 26.7 Å². The summed E-state index contributed by atoms with van der Waals surface area (Å²) in [6, 6.07) is 0. The first-order valence-electron chi connectivity index (χ1n) is 6.18. The lowest BCUT2D eigenvalue weighted by atomic mass is 9.82. The maximum absolute atomic E-state index is 12.7. The highest BCUT2D eigenvalue weighted by molar-refractivity contribution is 7.80. The van der Waals surface area contributed by atoms with E-state index in [1.54, 1.807) is 0 Å². The first kappa shape index (κ1) is 18.0. The third kappa shape index (κ3) is 5.78. The van der Waals surface area contributed by atoms with Crippen LogP contribution in [0.5, 0.6) is 0 Å². The Balaban J connectivity index is 4.34. The minimum atomic E-state index is -4.07. The van der Waals surface area contributed by atoms with Crippen molar-refractivity contribution in [3.63, 3.8) is 0 Å². The molecule has 0 bridgehead atoms. The first-order chi connectivity index (χ1) is 8.33. The average molecular weight is 290 g/mol. The Kier molecular flexibility index (Phi) is 8.26. The predicted molar refractivity (Wildman–Crippen MR) is 67.9 cm³/mol. The van der Waals surface area contributed by atoms with Crippen LogP contribution in [0.25, 0.3) is 0 Å². The number of halogens is 4. The van der Waals surface area contributed by atoms with Crippen molar-refractivity contribution in [1.29, 1.82) is 0 Å². The molecule has 0 aromatic carbocycles. The summed E-state index contributed by atoms with van der Waals surface area (Å²) < 4.78 is 54.2. The lowest BCUT2D eigenvalue weighted by Gasteiger charge is -2.32. The van der Waals surface area contributed by atoms with Gasteiger partial charge in [0.1, 0.15) is 6.61 Å². The normalized spacial score (nSPS) is 13.3. The van der Waals surface area contributed by atoms with Crippen LogP contribution >= 0.6 is 12.6 Å². The fourth-order valence-corrected chi connectivity index (χ4v) is 2.41. The summed E-state index contributed by atoms with van der Waals surface area (Å²) >= 11 is 4.24. The van der Waals surface area contributed by atoms with Crippen LogP contribution in [0.4, 0.5) is 17.6 Å². The molecule has 18 heavy (non-hydrogen) atoms. The molecule has 0 unspecified atom stereocenters. The minimum Gasteiger partial charge on any atom is -0.374 e. The summed E-state index contributed by atoms with van der Waals surface area (Å²) in [6.45, 7) is 2.80. The molecular weight excluding hydrogens is 268 g/mol. The largest absolute Gasteiger partial charge is 0.374 e. The number of rotatable bonds is 10. The van der Waals surface area contributed by atoms with Gasteiger partial charge < -0.3 is 4.74 Å². The Morgan fingerprint density at radius 2 is 1.56 bits per heavy atom. The van der Waals surface area contributed by atoms with Crippen molar-refractivity contribution in [2.45, 2.75) is 51.9 Å². The molecule has 0 aromatic heterocycles.